The van der Waals surface area contributed by atoms with E-state index in [0.717, 1.165) is 25.9 Å². The Morgan fingerprint density at radius 1 is 1.26 bits per heavy atom. The van der Waals surface area contributed by atoms with E-state index >= 15 is 0 Å². The van der Waals surface area contributed by atoms with E-state index in [1.54, 1.807) is 6.92 Å². The molecule has 0 aromatic rings. The second kappa shape index (κ2) is 8.27. The molecule has 0 aliphatic carbocycles. The van der Waals surface area contributed by atoms with E-state index in [1.165, 1.54) is 0 Å². The predicted octanol–water partition coefficient (Wildman–Crippen LogP) is 0.925. The van der Waals surface area contributed by atoms with E-state index in [1.807, 2.05) is 7.05 Å². The summed E-state index contributed by atoms with van der Waals surface area (Å²) in [6, 6.07) is 0.489. The lowest BCUT2D eigenvalue weighted by molar-refractivity contribution is -0.144. The molecule has 1 rings (SSSR count). The van der Waals surface area contributed by atoms with Crippen LogP contribution in [0.25, 0.3) is 0 Å². The average Bonchev–Trinajstić information content (AvgIpc) is 2.37. The molecule has 1 heterocycles. The summed E-state index contributed by atoms with van der Waals surface area (Å²) in [5.74, 6) is -0.160. The number of hydrogen-bond donors (Lipinski definition) is 0. The zero-order valence-electron chi connectivity index (χ0n) is 12.4. The molecule has 0 amide bonds. The van der Waals surface area contributed by atoms with Gasteiger partial charge in [-0.1, -0.05) is 0 Å². The molecule has 0 N–H and O–H groups in total. The molecule has 0 aromatic carbocycles. The first kappa shape index (κ1) is 16.1. The Hall–Kier alpha value is -0.940. The lowest BCUT2D eigenvalue weighted by atomic mass is 10.0. The fourth-order valence-corrected chi connectivity index (χ4v) is 2.40. The van der Waals surface area contributed by atoms with E-state index in [4.69, 9.17) is 4.74 Å². The second-order valence-corrected chi connectivity index (χ2v) is 5.29. The van der Waals surface area contributed by atoms with Crippen molar-refractivity contribution < 1.29 is 14.3 Å². The molecule has 0 atom stereocenters. The molecular formula is C14H26N2O3. The number of likely N-dealkylation sites (N-methyl/N-ethyl adjacent to an activating group) is 1. The monoisotopic (exact) mass is 270 g/mol. The van der Waals surface area contributed by atoms with Crippen molar-refractivity contribution in [3.05, 3.63) is 0 Å². The molecule has 19 heavy (non-hydrogen) atoms. The summed E-state index contributed by atoms with van der Waals surface area (Å²) in [6.07, 6.45) is 2.71. The standard InChI is InChI=1S/C14H26N2O3/c1-4-19-14(18)6-5-13(17)11-16(3)12-7-9-15(2)10-8-12/h12H,4-11H2,1-3H3. The quantitative estimate of drug-likeness (QED) is 0.644. The maximum Gasteiger partial charge on any atom is 0.306 e. The van der Waals surface area contributed by atoms with E-state index < -0.39 is 0 Å². The molecule has 5 nitrogen and oxygen atoms in total. The minimum atomic E-state index is -0.280. The summed E-state index contributed by atoms with van der Waals surface area (Å²) < 4.78 is 4.82. The van der Waals surface area contributed by atoms with Crippen LogP contribution in [0.5, 0.6) is 0 Å². The maximum atomic E-state index is 11.8. The zero-order chi connectivity index (χ0) is 14.3. The highest BCUT2D eigenvalue weighted by atomic mass is 16.5. The van der Waals surface area contributed by atoms with Crippen LogP contribution < -0.4 is 0 Å². The first-order chi connectivity index (χ1) is 9.02. The Bertz CT molecular complexity index is 299. The minimum Gasteiger partial charge on any atom is -0.466 e. The molecule has 5 heteroatoms. The van der Waals surface area contributed by atoms with Crippen LogP contribution in [0.2, 0.25) is 0 Å². The smallest absolute Gasteiger partial charge is 0.306 e. The largest absolute Gasteiger partial charge is 0.466 e. The van der Waals surface area contributed by atoms with Gasteiger partial charge in [-0.2, -0.15) is 0 Å². The Morgan fingerprint density at radius 3 is 2.47 bits per heavy atom. The Labute approximate surface area is 115 Å². The van der Waals surface area contributed by atoms with Gasteiger partial charge < -0.3 is 9.64 Å². The van der Waals surface area contributed by atoms with Crippen molar-refractivity contribution in [2.75, 3.05) is 40.3 Å². The van der Waals surface area contributed by atoms with Crippen LogP contribution in [-0.4, -0.2) is 67.9 Å². The van der Waals surface area contributed by atoms with Gasteiger partial charge in [0.2, 0.25) is 0 Å². The van der Waals surface area contributed by atoms with Crippen LogP contribution in [0.1, 0.15) is 32.6 Å². The maximum absolute atomic E-state index is 11.8. The third-order valence-corrected chi connectivity index (χ3v) is 3.65. The summed E-state index contributed by atoms with van der Waals surface area (Å²) in [7, 11) is 4.12. The normalized spacial score (nSPS) is 17.7. The minimum absolute atomic E-state index is 0.120. The number of rotatable bonds is 7. The summed E-state index contributed by atoms with van der Waals surface area (Å²) in [5, 5.41) is 0. The van der Waals surface area contributed by atoms with E-state index in [-0.39, 0.29) is 24.6 Å². The highest BCUT2D eigenvalue weighted by Gasteiger charge is 2.22. The summed E-state index contributed by atoms with van der Waals surface area (Å²) in [6.45, 7) is 4.77. The number of Topliss-reactive ketones (excluding diaryl/α,β-unsaturated/α-hetero) is 1. The number of ketones is 1. The van der Waals surface area contributed by atoms with Crippen molar-refractivity contribution in [3.8, 4) is 0 Å². The molecule has 0 saturated carbocycles. The van der Waals surface area contributed by atoms with Crippen molar-refractivity contribution in [2.24, 2.45) is 0 Å². The number of ether oxygens (including phenoxy) is 1. The lowest BCUT2D eigenvalue weighted by Crippen LogP contribution is -2.43. The summed E-state index contributed by atoms with van der Waals surface area (Å²) in [4.78, 5) is 27.4. The van der Waals surface area contributed by atoms with Gasteiger partial charge in [-0.15, -0.1) is 0 Å². The number of carbonyl (C=O) groups is 2. The van der Waals surface area contributed by atoms with Crippen molar-refractivity contribution in [1.82, 2.24) is 9.80 Å². The Morgan fingerprint density at radius 2 is 1.89 bits per heavy atom. The van der Waals surface area contributed by atoms with Gasteiger partial charge in [0, 0.05) is 12.5 Å². The molecule has 110 valence electrons. The summed E-state index contributed by atoms with van der Waals surface area (Å²) >= 11 is 0. The van der Waals surface area contributed by atoms with Crippen LogP contribution in [0.3, 0.4) is 0 Å². The van der Waals surface area contributed by atoms with Gasteiger partial charge in [0.25, 0.3) is 0 Å². The van der Waals surface area contributed by atoms with Crippen LogP contribution in [0, 0.1) is 0 Å². The third-order valence-electron chi connectivity index (χ3n) is 3.65. The number of carbonyl (C=O) groups excluding carboxylic acids is 2. The fraction of sp³-hybridized carbons (Fsp3) is 0.857. The van der Waals surface area contributed by atoms with Crippen molar-refractivity contribution in [2.45, 2.75) is 38.6 Å². The van der Waals surface area contributed by atoms with E-state index in [9.17, 15) is 9.59 Å². The van der Waals surface area contributed by atoms with Gasteiger partial charge in [0.15, 0.2) is 0 Å². The number of hydrogen-bond acceptors (Lipinski definition) is 5. The molecule has 0 aromatic heterocycles. The first-order valence-electron chi connectivity index (χ1n) is 7.09. The van der Waals surface area contributed by atoms with E-state index in [0.29, 0.717) is 19.2 Å². The molecule has 1 aliphatic heterocycles. The number of esters is 1. The highest BCUT2D eigenvalue weighted by molar-refractivity contribution is 5.84. The van der Waals surface area contributed by atoms with Gasteiger partial charge in [0.05, 0.1) is 19.6 Å². The molecule has 0 radical (unpaired) electrons. The molecule has 1 aliphatic rings. The number of nitrogens with zero attached hydrogens (tertiary/aromatic N) is 2. The fourth-order valence-electron chi connectivity index (χ4n) is 2.40. The SMILES string of the molecule is CCOC(=O)CCC(=O)CN(C)C1CCN(C)CC1. The van der Waals surface area contributed by atoms with Crippen LogP contribution in [-0.2, 0) is 14.3 Å². The predicted molar refractivity (Wildman–Crippen MR) is 74.0 cm³/mol. The number of piperidine rings is 1. The van der Waals surface area contributed by atoms with Crippen LogP contribution in [0.4, 0.5) is 0 Å². The van der Waals surface area contributed by atoms with E-state index in [2.05, 4.69) is 16.8 Å². The summed E-state index contributed by atoms with van der Waals surface area (Å²) in [5.41, 5.74) is 0. The second-order valence-electron chi connectivity index (χ2n) is 5.29. The highest BCUT2D eigenvalue weighted by Crippen LogP contribution is 2.14. The average molecular weight is 270 g/mol. The molecule has 0 unspecified atom stereocenters. The first-order valence-corrected chi connectivity index (χ1v) is 7.09. The Balaban J connectivity index is 2.22. The third kappa shape index (κ3) is 6.16. The van der Waals surface area contributed by atoms with Gasteiger partial charge in [-0.25, -0.2) is 0 Å². The van der Waals surface area contributed by atoms with Crippen molar-refractivity contribution in [3.63, 3.8) is 0 Å². The molecule has 0 bridgehead atoms. The van der Waals surface area contributed by atoms with Crippen LogP contribution in [0.15, 0.2) is 0 Å². The molecular weight excluding hydrogens is 244 g/mol. The van der Waals surface area contributed by atoms with Crippen LogP contribution >= 0.6 is 0 Å². The lowest BCUT2D eigenvalue weighted by Gasteiger charge is -2.34. The Kier molecular flexibility index (Phi) is 7.02. The van der Waals surface area contributed by atoms with Gasteiger partial charge in [0.1, 0.15) is 5.78 Å². The van der Waals surface area contributed by atoms with Gasteiger partial charge >= 0.3 is 5.97 Å². The van der Waals surface area contributed by atoms with Gasteiger partial charge in [-0.05, 0) is 47.0 Å². The number of likely N-dealkylation sites (tertiary alicyclic amines) is 1. The molecule has 0 spiro atoms. The van der Waals surface area contributed by atoms with Crippen molar-refractivity contribution in [1.29, 1.82) is 0 Å². The zero-order valence-corrected chi connectivity index (χ0v) is 12.4. The van der Waals surface area contributed by atoms with Gasteiger partial charge in [-0.3, -0.25) is 14.5 Å². The molecule has 1 saturated heterocycles. The molecule has 1 fully saturated rings. The van der Waals surface area contributed by atoms with Crippen molar-refractivity contribution >= 4 is 11.8 Å². The topological polar surface area (TPSA) is 49.9 Å².